The molecule has 126 valence electrons. The van der Waals surface area contributed by atoms with Gasteiger partial charge in [-0.2, -0.15) is 0 Å². The molecule has 0 saturated carbocycles. The molecule has 0 aliphatic heterocycles. The number of aryl methyl sites for hydroxylation is 1. The summed E-state index contributed by atoms with van der Waals surface area (Å²) < 4.78 is 0.966. The molecular formula is C19H15BrN2O2S. The van der Waals surface area contributed by atoms with Gasteiger partial charge in [0, 0.05) is 15.8 Å². The first-order chi connectivity index (χ1) is 12.0. The van der Waals surface area contributed by atoms with Crippen molar-refractivity contribution in [3.63, 3.8) is 0 Å². The number of aromatic carboxylic acids is 1. The van der Waals surface area contributed by atoms with Crippen molar-refractivity contribution >= 4 is 33.7 Å². The third-order valence-electron chi connectivity index (χ3n) is 3.59. The summed E-state index contributed by atoms with van der Waals surface area (Å²) in [6, 6.07) is 17.5. The lowest BCUT2D eigenvalue weighted by atomic mass is 10.2. The van der Waals surface area contributed by atoms with Gasteiger partial charge in [-0.25, -0.2) is 14.8 Å². The van der Waals surface area contributed by atoms with Crippen molar-refractivity contribution in [3.8, 4) is 11.4 Å². The minimum atomic E-state index is -1.00. The first kappa shape index (κ1) is 17.6. The predicted octanol–water partition coefficient (Wildman–Crippen LogP) is 5.21. The van der Waals surface area contributed by atoms with Crippen LogP contribution in [0.5, 0.6) is 0 Å². The molecule has 25 heavy (non-hydrogen) atoms. The van der Waals surface area contributed by atoms with E-state index >= 15 is 0 Å². The maximum atomic E-state index is 11.6. The number of carboxylic acids is 1. The third-order valence-corrected chi connectivity index (χ3v) is 5.17. The first-order valence-electron chi connectivity index (χ1n) is 7.59. The van der Waals surface area contributed by atoms with E-state index in [2.05, 4.69) is 25.9 Å². The molecule has 3 rings (SSSR count). The van der Waals surface area contributed by atoms with Crippen LogP contribution in [0.2, 0.25) is 0 Å². The maximum absolute atomic E-state index is 11.6. The molecular weight excluding hydrogens is 400 g/mol. The van der Waals surface area contributed by atoms with Crippen LogP contribution in [0.3, 0.4) is 0 Å². The lowest BCUT2D eigenvalue weighted by Crippen LogP contribution is -2.08. The molecule has 0 atom stereocenters. The van der Waals surface area contributed by atoms with Crippen molar-refractivity contribution < 1.29 is 9.90 Å². The van der Waals surface area contributed by atoms with E-state index < -0.39 is 5.97 Å². The van der Waals surface area contributed by atoms with Gasteiger partial charge in [0.1, 0.15) is 10.6 Å². The predicted molar refractivity (Wildman–Crippen MR) is 103 cm³/mol. The van der Waals surface area contributed by atoms with Gasteiger partial charge < -0.3 is 5.11 Å². The zero-order valence-corrected chi connectivity index (χ0v) is 15.8. The van der Waals surface area contributed by atoms with Crippen LogP contribution in [0.15, 0.2) is 64.1 Å². The lowest BCUT2D eigenvalue weighted by molar-refractivity contribution is 0.0690. The highest BCUT2D eigenvalue weighted by Crippen LogP contribution is 2.29. The normalized spacial score (nSPS) is 10.6. The summed E-state index contributed by atoms with van der Waals surface area (Å²) in [6.45, 7) is 1.71. The van der Waals surface area contributed by atoms with Crippen molar-refractivity contribution in [1.29, 1.82) is 0 Å². The Balaban J connectivity index is 1.98. The average molecular weight is 415 g/mol. The van der Waals surface area contributed by atoms with Gasteiger partial charge in [0.15, 0.2) is 5.82 Å². The average Bonchev–Trinajstić information content (AvgIpc) is 2.60. The Morgan fingerprint density at radius 2 is 1.76 bits per heavy atom. The summed E-state index contributed by atoms with van der Waals surface area (Å²) in [5.74, 6) is 0.179. The van der Waals surface area contributed by atoms with Crippen molar-refractivity contribution in [2.24, 2.45) is 0 Å². The Hall–Kier alpha value is -2.18. The standard InChI is InChI=1S/C19H15BrN2O2S/c1-12-16(19(23)24)18(25-11-13-5-3-2-4-6-13)22-17(21-12)14-7-9-15(20)10-8-14/h2-10H,11H2,1H3,(H,23,24). The Bertz CT molecular complexity index is 899. The second-order valence-electron chi connectivity index (χ2n) is 5.40. The van der Waals surface area contributed by atoms with Crippen LogP contribution in [0, 0.1) is 6.92 Å². The SMILES string of the molecule is Cc1nc(-c2ccc(Br)cc2)nc(SCc2ccccc2)c1C(=O)O. The summed E-state index contributed by atoms with van der Waals surface area (Å²) in [7, 11) is 0. The van der Waals surface area contributed by atoms with Gasteiger partial charge in [-0.15, -0.1) is 11.8 Å². The molecule has 1 heterocycles. The van der Waals surface area contributed by atoms with Gasteiger partial charge in [-0.1, -0.05) is 58.4 Å². The second kappa shape index (κ2) is 7.80. The smallest absolute Gasteiger partial charge is 0.340 e. The Kier molecular flexibility index (Phi) is 5.50. The summed E-state index contributed by atoms with van der Waals surface area (Å²) in [6.07, 6.45) is 0. The van der Waals surface area contributed by atoms with Crippen LogP contribution >= 0.6 is 27.7 Å². The van der Waals surface area contributed by atoms with Crippen LogP contribution in [0.25, 0.3) is 11.4 Å². The molecule has 0 bridgehead atoms. The molecule has 0 saturated heterocycles. The number of aromatic nitrogens is 2. The van der Waals surface area contributed by atoms with Gasteiger partial charge >= 0.3 is 5.97 Å². The monoisotopic (exact) mass is 414 g/mol. The zero-order valence-electron chi connectivity index (χ0n) is 13.4. The van der Waals surface area contributed by atoms with Gasteiger partial charge in [-0.3, -0.25) is 0 Å². The maximum Gasteiger partial charge on any atom is 0.340 e. The number of carbonyl (C=O) groups is 1. The number of carboxylic acid groups (broad SMARTS) is 1. The summed E-state index contributed by atoms with van der Waals surface area (Å²) in [4.78, 5) is 20.6. The molecule has 0 fully saturated rings. The van der Waals surface area contributed by atoms with Gasteiger partial charge in [0.2, 0.25) is 0 Å². The molecule has 0 aliphatic carbocycles. The van der Waals surface area contributed by atoms with E-state index in [4.69, 9.17) is 0 Å². The fourth-order valence-electron chi connectivity index (χ4n) is 2.35. The minimum absolute atomic E-state index is 0.168. The molecule has 0 amide bonds. The van der Waals surface area contributed by atoms with E-state index in [1.807, 2.05) is 54.6 Å². The highest BCUT2D eigenvalue weighted by atomic mass is 79.9. The number of hydrogen-bond donors (Lipinski definition) is 1. The summed E-state index contributed by atoms with van der Waals surface area (Å²) in [5, 5.41) is 10.0. The Labute approximate surface area is 158 Å². The number of rotatable bonds is 5. The largest absolute Gasteiger partial charge is 0.478 e. The molecule has 3 aromatic rings. The number of hydrogen-bond acceptors (Lipinski definition) is 4. The van der Waals surface area contributed by atoms with Crippen LogP contribution in [0.1, 0.15) is 21.6 Å². The van der Waals surface area contributed by atoms with E-state index in [1.54, 1.807) is 6.92 Å². The fourth-order valence-corrected chi connectivity index (χ4v) is 3.64. The van der Waals surface area contributed by atoms with Crippen LogP contribution in [-0.4, -0.2) is 21.0 Å². The van der Waals surface area contributed by atoms with Crippen molar-refractivity contribution in [1.82, 2.24) is 9.97 Å². The van der Waals surface area contributed by atoms with E-state index in [9.17, 15) is 9.90 Å². The lowest BCUT2D eigenvalue weighted by Gasteiger charge is -2.10. The molecule has 6 heteroatoms. The van der Waals surface area contributed by atoms with Crippen LogP contribution < -0.4 is 0 Å². The molecule has 0 spiro atoms. The Morgan fingerprint density at radius 3 is 2.40 bits per heavy atom. The molecule has 2 aromatic carbocycles. The highest BCUT2D eigenvalue weighted by molar-refractivity contribution is 9.10. The van der Waals surface area contributed by atoms with E-state index in [-0.39, 0.29) is 5.56 Å². The first-order valence-corrected chi connectivity index (χ1v) is 9.37. The van der Waals surface area contributed by atoms with Crippen LogP contribution in [-0.2, 0) is 5.75 Å². The quantitative estimate of drug-likeness (QED) is 0.458. The number of benzene rings is 2. The molecule has 1 aromatic heterocycles. The summed E-state index contributed by atoms with van der Waals surface area (Å²) >= 11 is 4.82. The zero-order chi connectivity index (χ0) is 17.8. The number of halogens is 1. The molecule has 0 radical (unpaired) electrons. The second-order valence-corrected chi connectivity index (χ2v) is 7.28. The molecule has 4 nitrogen and oxygen atoms in total. The van der Waals surface area contributed by atoms with Gasteiger partial charge in [-0.05, 0) is 24.6 Å². The van der Waals surface area contributed by atoms with Gasteiger partial charge in [0.25, 0.3) is 0 Å². The highest BCUT2D eigenvalue weighted by Gasteiger charge is 2.19. The molecule has 0 aliphatic rings. The summed E-state index contributed by atoms with van der Waals surface area (Å²) in [5.41, 5.74) is 2.60. The van der Waals surface area contributed by atoms with Crippen molar-refractivity contribution in [2.45, 2.75) is 17.7 Å². The van der Waals surface area contributed by atoms with Crippen LogP contribution in [0.4, 0.5) is 0 Å². The van der Waals surface area contributed by atoms with E-state index in [0.717, 1.165) is 15.6 Å². The van der Waals surface area contributed by atoms with Gasteiger partial charge in [0.05, 0.1) is 5.69 Å². The number of nitrogens with zero attached hydrogens (tertiary/aromatic N) is 2. The molecule has 0 unspecified atom stereocenters. The third kappa shape index (κ3) is 4.27. The Morgan fingerprint density at radius 1 is 1.08 bits per heavy atom. The number of thioether (sulfide) groups is 1. The molecule has 1 N–H and O–H groups in total. The van der Waals surface area contributed by atoms with Crippen molar-refractivity contribution in [2.75, 3.05) is 0 Å². The van der Waals surface area contributed by atoms with Crippen molar-refractivity contribution in [3.05, 3.63) is 75.9 Å². The minimum Gasteiger partial charge on any atom is -0.478 e. The fraction of sp³-hybridized carbons (Fsp3) is 0.105. The van der Waals surface area contributed by atoms with E-state index in [0.29, 0.717) is 22.3 Å². The topological polar surface area (TPSA) is 63.1 Å². The van der Waals surface area contributed by atoms with E-state index in [1.165, 1.54) is 11.8 Å².